The van der Waals surface area contributed by atoms with Crippen molar-refractivity contribution in [3.8, 4) is 11.5 Å². The van der Waals surface area contributed by atoms with Crippen molar-refractivity contribution in [2.75, 3.05) is 19.5 Å². The van der Waals surface area contributed by atoms with Gasteiger partial charge in [0, 0.05) is 23.4 Å². The average molecular weight is 285 g/mol. The molecule has 3 nitrogen and oxygen atoms in total. The van der Waals surface area contributed by atoms with Crippen molar-refractivity contribution >= 4 is 5.69 Å². The molecule has 0 bridgehead atoms. The van der Waals surface area contributed by atoms with E-state index in [1.54, 1.807) is 14.2 Å². The van der Waals surface area contributed by atoms with Gasteiger partial charge in [0.1, 0.15) is 11.5 Å². The molecule has 21 heavy (non-hydrogen) atoms. The number of anilines is 1. The Labute approximate surface area is 126 Å². The highest BCUT2D eigenvalue weighted by atomic mass is 16.5. The Kier molecular flexibility index (Phi) is 4.73. The minimum absolute atomic E-state index is 0.719. The first-order valence-electron chi connectivity index (χ1n) is 7.08. The molecule has 0 fully saturated rings. The van der Waals surface area contributed by atoms with Crippen LogP contribution in [0.2, 0.25) is 0 Å². The smallest absolute Gasteiger partial charge is 0.130 e. The molecule has 0 aliphatic rings. The van der Waals surface area contributed by atoms with Crippen LogP contribution in [0, 0.1) is 20.8 Å². The number of benzene rings is 2. The van der Waals surface area contributed by atoms with E-state index in [0.29, 0.717) is 0 Å². The summed E-state index contributed by atoms with van der Waals surface area (Å²) >= 11 is 0. The van der Waals surface area contributed by atoms with Crippen LogP contribution >= 0.6 is 0 Å². The van der Waals surface area contributed by atoms with Gasteiger partial charge in [-0.2, -0.15) is 0 Å². The summed E-state index contributed by atoms with van der Waals surface area (Å²) in [5, 5.41) is 3.45. The molecule has 0 amide bonds. The molecule has 0 radical (unpaired) electrons. The summed E-state index contributed by atoms with van der Waals surface area (Å²) in [5.41, 5.74) is 5.86. The van der Waals surface area contributed by atoms with Crippen LogP contribution in [0.15, 0.2) is 30.3 Å². The second-order valence-corrected chi connectivity index (χ2v) is 5.24. The Balaban J connectivity index is 2.19. The zero-order valence-corrected chi connectivity index (χ0v) is 13.4. The molecule has 0 aliphatic heterocycles. The van der Waals surface area contributed by atoms with E-state index in [1.807, 2.05) is 19.1 Å². The van der Waals surface area contributed by atoms with Crippen molar-refractivity contribution in [3.63, 3.8) is 0 Å². The van der Waals surface area contributed by atoms with Crippen molar-refractivity contribution < 1.29 is 9.47 Å². The van der Waals surface area contributed by atoms with Gasteiger partial charge in [-0.05, 0) is 56.2 Å². The molecule has 0 aliphatic carbocycles. The zero-order chi connectivity index (χ0) is 15.4. The number of aryl methyl sites for hydroxylation is 2. The second kappa shape index (κ2) is 6.53. The first-order chi connectivity index (χ1) is 10.1. The van der Waals surface area contributed by atoms with Gasteiger partial charge in [0.05, 0.1) is 14.2 Å². The highest BCUT2D eigenvalue weighted by Crippen LogP contribution is 2.31. The number of nitrogens with one attached hydrogen (secondary N) is 1. The van der Waals surface area contributed by atoms with E-state index in [4.69, 9.17) is 9.47 Å². The van der Waals surface area contributed by atoms with Crippen LogP contribution in [-0.2, 0) is 6.54 Å². The van der Waals surface area contributed by atoms with Crippen LogP contribution < -0.4 is 14.8 Å². The van der Waals surface area contributed by atoms with Gasteiger partial charge in [0.2, 0.25) is 0 Å². The predicted octanol–water partition coefficient (Wildman–Crippen LogP) is 4.24. The molecule has 0 spiro atoms. The van der Waals surface area contributed by atoms with Crippen LogP contribution in [0.5, 0.6) is 11.5 Å². The Morgan fingerprint density at radius 1 is 0.905 bits per heavy atom. The second-order valence-electron chi connectivity index (χ2n) is 5.24. The van der Waals surface area contributed by atoms with E-state index in [1.165, 1.54) is 11.1 Å². The number of hydrogen-bond donors (Lipinski definition) is 1. The van der Waals surface area contributed by atoms with Crippen LogP contribution in [0.25, 0.3) is 0 Å². The molecule has 0 atom stereocenters. The van der Waals surface area contributed by atoms with Gasteiger partial charge in [-0.25, -0.2) is 0 Å². The SMILES string of the molecule is COc1ccc(CNc2ccc(C)c(C)c2)c(OC)c1C. The third-order valence-electron chi connectivity index (χ3n) is 3.85. The number of methoxy groups -OCH3 is 2. The summed E-state index contributed by atoms with van der Waals surface area (Å²) in [6.45, 7) is 6.97. The van der Waals surface area contributed by atoms with E-state index in [9.17, 15) is 0 Å². The fourth-order valence-electron chi connectivity index (χ4n) is 2.42. The molecule has 0 saturated heterocycles. The van der Waals surface area contributed by atoms with Crippen molar-refractivity contribution in [2.45, 2.75) is 27.3 Å². The molecular formula is C18H23NO2. The van der Waals surface area contributed by atoms with Gasteiger partial charge >= 0.3 is 0 Å². The number of rotatable bonds is 5. The normalized spacial score (nSPS) is 10.3. The van der Waals surface area contributed by atoms with Crippen LogP contribution in [0.4, 0.5) is 5.69 Å². The summed E-state index contributed by atoms with van der Waals surface area (Å²) in [4.78, 5) is 0. The maximum absolute atomic E-state index is 5.53. The maximum atomic E-state index is 5.53. The third-order valence-corrected chi connectivity index (χ3v) is 3.85. The first-order valence-corrected chi connectivity index (χ1v) is 7.08. The first kappa shape index (κ1) is 15.2. The topological polar surface area (TPSA) is 30.5 Å². The number of ether oxygens (including phenoxy) is 2. The summed E-state index contributed by atoms with van der Waals surface area (Å²) in [6, 6.07) is 10.4. The minimum Gasteiger partial charge on any atom is -0.496 e. The molecule has 3 heteroatoms. The summed E-state index contributed by atoms with van der Waals surface area (Å²) < 4.78 is 10.9. The Morgan fingerprint density at radius 2 is 1.67 bits per heavy atom. The lowest BCUT2D eigenvalue weighted by Gasteiger charge is -2.15. The minimum atomic E-state index is 0.719. The molecule has 2 aromatic rings. The summed E-state index contributed by atoms with van der Waals surface area (Å²) in [7, 11) is 3.37. The summed E-state index contributed by atoms with van der Waals surface area (Å²) in [6.07, 6.45) is 0. The monoisotopic (exact) mass is 285 g/mol. The van der Waals surface area contributed by atoms with Gasteiger partial charge in [-0.3, -0.25) is 0 Å². The molecule has 2 aromatic carbocycles. The van der Waals surface area contributed by atoms with Gasteiger partial charge < -0.3 is 14.8 Å². The molecule has 0 heterocycles. The average Bonchev–Trinajstić information content (AvgIpc) is 2.48. The van der Waals surface area contributed by atoms with Crippen LogP contribution in [-0.4, -0.2) is 14.2 Å². The largest absolute Gasteiger partial charge is 0.496 e. The molecule has 0 saturated carbocycles. The molecule has 2 rings (SSSR count). The van der Waals surface area contributed by atoms with Gasteiger partial charge in [-0.1, -0.05) is 6.07 Å². The zero-order valence-electron chi connectivity index (χ0n) is 13.4. The van der Waals surface area contributed by atoms with Gasteiger partial charge in [-0.15, -0.1) is 0 Å². The van der Waals surface area contributed by atoms with Crippen LogP contribution in [0.1, 0.15) is 22.3 Å². The van der Waals surface area contributed by atoms with Crippen LogP contribution in [0.3, 0.4) is 0 Å². The lowest BCUT2D eigenvalue weighted by molar-refractivity contribution is 0.386. The Hall–Kier alpha value is -2.16. The molecule has 0 unspecified atom stereocenters. The lowest BCUT2D eigenvalue weighted by Crippen LogP contribution is -2.04. The standard InChI is InChI=1S/C18H23NO2/c1-12-6-8-16(10-13(12)2)19-11-15-7-9-17(20-4)14(3)18(15)21-5/h6-10,19H,11H2,1-5H3. The van der Waals surface area contributed by atoms with E-state index in [0.717, 1.165) is 34.9 Å². The molecule has 1 N–H and O–H groups in total. The Morgan fingerprint density at radius 3 is 2.29 bits per heavy atom. The Bertz CT molecular complexity index is 635. The molecular weight excluding hydrogens is 262 g/mol. The van der Waals surface area contributed by atoms with Crippen molar-refractivity contribution in [1.82, 2.24) is 0 Å². The number of hydrogen-bond acceptors (Lipinski definition) is 3. The molecule has 112 valence electrons. The van der Waals surface area contributed by atoms with Gasteiger partial charge in [0.25, 0.3) is 0 Å². The van der Waals surface area contributed by atoms with Crippen molar-refractivity contribution in [2.24, 2.45) is 0 Å². The quantitative estimate of drug-likeness (QED) is 0.891. The predicted molar refractivity (Wildman–Crippen MR) is 87.5 cm³/mol. The fraction of sp³-hybridized carbons (Fsp3) is 0.333. The van der Waals surface area contributed by atoms with E-state index in [-0.39, 0.29) is 0 Å². The third kappa shape index (κ3) is 3.30. The maximum Gasteiger partial charge on any atom is 0.130 e. The van der Waals surface area contributed by atoms with Crippen molar-refractivity contribution in [3.05, 3.63) is 52.6 Å². The fourth-order valence-corrected chi connectivity index (χ4v) is 2.42. The highest BCUT2D eigenvalue weighted by Gasteiger charge is 2.11. The van der Waals surface area contributed by atoms with E-state index < -0.39 is 0 Å². The molecule has 0 aromatic heterocycles. The van der Waals surface area contributed by atoms with Gasteiger partial charge in [0.15, 0.2) is 0 Å². The lowest BCUT2D eigenvalue weighted by atomic mass is 10.1. The van der Waals surface area contributed by atoms with E-state index in [2.05, 4.69) is 37.4 Å². The van der Waals surface area contributed by atoms with E-state index >= 15 is 0 Å². The highest BCUT2D eigenvalue weighted by molar-refractivity contribution is 5.53. The van der Waals surface area contributed by atoms with Crippen molar-refractivity contribution in [1.29, 1.82) is 0 Å². The summed E-state index contributed by atoms with van der Waals surface area (Å²) in [5.74, 6) is 1.73.